The smallest absolute Gasteiger partial charge is 0.241 e. The maximum Gasteiger partial charge on any atom is 0.241 e. The molecule has 0 aromatic carbocycles. The van der Waals surface area contributed by atoms with Crippen molar-refractivity contribution in [3.05, 3.63) is 12.2 Å². The van der Waals surface area contributed by atoms with Gasteiger partial charge in [0.05, 0.1) is 12.1 Å². The summed E-state index contributed by atoms with van der Waals surface area (Å²) in [5.74, 6) is 0.470. The summed E-state index contributed by atoms with van der Waals surface area (Å²) in [6, 6.07) is 1.96. The van der Waals surface area contributed by atoms with Crippen LogP contribution in [-0.2, 0) is 11.8 Å². The molecular formula is C14H23N5O. The standard InChI is InChI=1S/C14H23N5O/c1-5-7-14(9-15,8-6-2)13(20)17-11(3)12-18-16-10-19(12)4/h10-11H,5-8H2,1-4H3,(H,17,20). The van der Waals surface area contributed by atoms with Crippen LogP contribution in [0.1, 0.15) is 58.3 Å². The van der Waals surface area contributed by atoms with E-state index in [4.69, 9.17) is 0 Å². The molecule has 6 heteroatoms. The molecule has 0 saturated heterocycles. The summed E-state index contributed by atoms with van der Waals surface area (Å²) in [5, 5.41) is 20.1. The van der Waals surface area contributed by atoms with Crippen LogP contribution in [0, 0.1) is 16.7 Å². The normalized spacial score (nSPS) is 12.8. The number of amides is 1. The van der Waals surface area contributed by atoms with Crippen LogP contribution in [0.15, 0.2) is 6.33 Å². The van der Waals surface area contributed by atoms with E-state index in [9.17, 15) is 10.1 Å². The number of aromatic nitrogens is 3. The molecule has 1 N–H and O–H groups in total. The Balaban J connectivity index is 2.86. The third-order valence-corrected chi connectivity index (χ3v) is 3.48. The number of carbonyl (C=O) groups is 1. The van der Waals surface area contributed by atoms with Crippen molar-refractivity contribution in [2.45, 2.75) is 52.5 Å². The second kappa shape index (κ2) is 7.04. The lowest BCUT2D eigenvalue weighted by molar-refractivity contribution is -0.129. The fourth-order valence-electron chi connectivity index (χ4n) is 2.45. The molecule has 1 aromatic heterocycles. The summed E-state index contributed by atoms with van der Waals surface area (Å²) in [5.41, 5.74) is -0.934. The van der Waals surface area contributed by atoms with Crippen molar-refractivity contribution >= 4 is 5.91 Å². The van der Waals surface area contributed by atoms with Crippen LogP contribution in [0.2, 0.25) is 0 Å². The van der Waals surface area contributed by atoms with Gasteiger partial charge in [0.15, 0.2) is 5.82 Å². The number of nitriles is 1. The van der Waals surface area contributed by atoms with Crippen molar-refractivity contribution in [2.75, 3.05) is 0 Å². The lowest BCUT2D eigenvalue weighted by Gasteiger charge is -2.26. The largest absolute Gasteiger partial charge is 0.345 e. The van der Waals surface area contributed by atoms with Gasteiger partial charge in [0.25, 0.3) is 0 Å². The minimum atomic E-state index is -0.934. The number of nitrogens with zero attached hydrogens (tertiary/aromatic N) is 4. The first-order chi connectivity index (χ1) is 9.50. The number of rotatable bonds is 7. The molecule has 1 aromatic rings. The Bertz CT molecular complexity index is 482. The molecule has 1 rings (SSSR count). The lowest BCUT2D eigenvalue weighted by atomic mass is 9.79. The van der Waals surface area contributed by atoms with Crippen LogP contribution < -0.4 is 5.32 Å². The van der Waals surface area contributed by atoms with Gasteiger partial charge >= 0.3 is 0 Å². The highest BCUT2D eigenvalue weighted by atomic mass is 16.2. The van der Waals surface area contributed by atoms with Crippen LogP contribution in [0.5, 0.6) is 0 Å². The van der Waals surface area contributed by atoms with E-state index in [-0.39, 0.29) is 11.9 Å². The van der Waals surface area contributed by atoms with E-state index < -0.39 is 5.41 Å². The van der Waals surface area contributed by atoms with E-state index >= 15 is 0 Å². The monoisotopic (exact) mass is 277 g/mol. The molecule has 0 aliphatic heterocycles. The first-order valence-corrected chi connectivity index (χ1v) is 7.06. The maximum atomic E-state index is 12.5. The van der Waals surface area contributed by atoms with Gasteiger partial charge in [-0.2, -0.15) is 5.26 Å². The minimum Gasteiger partial charge on any atom is -0.345 e. The fourth-order valence-corrected chi connectivity index (χ4v) is 2.45. The van der Waals surface area contributed by atoms with E-state index in [1.54, 1.807) is 10.9 Å². The van der Waals surface area contributed by atoms with Gasteiger partial charge in [-0.3, -0.25) is 4.79 Å². The molecule has 20 heavy (non-hydrogen) atoms. The predicted molar refractivity (Wildman–Crippen MR) is 75.4 cm³/mol. The molecular weight excluding hydrogens is 254 g/mol. The van der Waals surface area contributed by atoms with Crippen molar-refractivity contribution in [1.29, 1.82) is 5.26 Å². The molecule has 0 saturated carbocycles. The Morgan fingerprint density at radius 3 is 2.50 bits per heavy atom. The van der Waals surface area contributed by atoms with Crippen LogP contribution in [0.4, 0.5) is 0 Å². The molecule has 0 bridgehead atoms. The van der Waals surface area contributed by atoms with Gasteiger partial charge in [0.1, 0.15) is 11.7 Å². The molecule has 1 amide bonds. The van der Waals surface area contributed by atoms with Crippen LogP contribution in [0.25, 0.3) is 0 Å². The van der Waals surface area contributed by atoms with E-state index in [0.717, 1.165) is 12.8 Å². The average Bonchev–Trinajstić information content (AvgIpc) is 2.84. The molecule has 0 spiro atoms. The van der Waals surface area contributed by atoms with Crippen molar-refractivity contribution in [3.63, 3.8) is 0 Å². The number of aryl methyl sites for hydroxylation is 1. The Hall–Kier alpha value is -1.90. The maximum absolute atomic E-state index is 12.5. The molecule has 0 aliphatic carbocycles. The molecule has 1 atom stereocenters. The van der Waals surface area contributed by atoms with Gasteiger partial charge < -0.3 is 9.88 Å². The predicted octanol–water partition coefficient (Wildman–Crippen LogP) is 2.10. The second-order valence-electron chi connectivity index (χ2n) is 5.19. The molecule has 1 heterocycles. The summed E-state index contributed by atoms with van der Waals surface area (Å²) in [6.45, 7) is 5.82. The Morgan fingerprint density at radius 2 is 2.10 bits per heavy atom. The van der Waals surface area contributed by atoms with Crippen molar-refractivity contribution in [1.82, 2.24) is 20.1 Å². The SMILES string of the molecule is CCCC(C#N)(CCC)C(=O)NC(C)c1nncn1C. The zero-order valence-electron chi connectivity index (χ0n) is 12.7. The minimum absolute atomic E-state index is 0.209. The number of hydrogen-bond acceptors (Lipinski definition) is 4. The fraction of sp³-hybridized carbons (Fsp3) is 0.714. The molecule has 1 unspecified atom stereocenters. The average molecular weight is 277 g/mol. The van der Waals surface area contributed by atoms with Gasteiger partial charge in [-0.05, 0) is 19.8 Å². The first kappa shape index (κ1) is 16.2. The number of nitrogens with one attached hydrogen (secondary N) is 1. The van der Waals surface area contributed by atoms with Gasteiger partial charge in [0.2, 0.25) is 5.91 Å². The Kier molecular flexibility index (Phi) is 5.68. The Morgan fingerprint density at radius 1 is 1.50 bits per heavy atom. The molecule has 110 valence electrons. The van der Waals surface area contributed by atoms with Crippen molar-refractivity contribution in [3.8, 4) is 6.07 Å². The highest BCUT2D eigenvalue weighted by Crippen LogP contribution is 2.30. The lowest BCUT2D eigenvalue weighted by Crippen LogP contribution is -2.41. The Labute approximate surface area is 120 Å². The summed E-state index contributed by atoms with van der Waals surface area (Å²) < 4.78 is 1.76. The third-order valence-electron chi connectivity index (χ3n) is 3.48. The van der Waals surface area contributed by atoms with E-state index in [0.29, 0.717) is 18.7 Å². The zero-order valence-corrected chi connectivity index (χ0v) is 12.7. The number of hydrogen-bond donors (Lipinski definition) is 1. The van der Waals surface area contributed by atoms with Gasteiger partial charge in [-0.15, -0.1) is 10.2 Å². The second-order valence-corrected chi connectivity index (χ2v) is 5.19. The summed E-state index contributed by atoms with van der Waals surface area (Å²) in [6.07, 6.45) is 4.36. The third kappa shape index (κ3) is 3.35. The van der Waals surface area contributed by atoms with Gasteiger partial charge in [-0.25, -0.2) is 0 Å². The van der Waals surface area contributed by atoms with E-state index in [2.05, 4.69) is 21.6 Å². The molecule has 6 nitrogen and oxygen atoms in total. The molecule has 0 radical (unpaired) electrons. The summed E-state index contributed by atoms with van der Waals surface area (Å²) in [7, 11) is 1.83. The van der Waals surface area contributed by atoms with E-state index in [1.165, 1.54) is 0 Å². The van der Waals surface area contributed by atoms with Crippen LogP contribution in [0.3, 0.4) is 0 Å². The van der Waals surface area contributed by atoms with Crippen LogP contribution >= 0.6 is 0 Å². The van der Waals surface area contributed by atoms with Crippen LogP contribution in [-0.4, -0.2) is 20.7 Å². The quantitative estimate of drug-likeness (QED) is 0.827. The molecule has 0 aliphatic rings. The number of carbonyl (C=O) groups excluding carboxylic acids is 1. The first-order valence-electron chi connectivity index (χ1n) is 7.06. The molecule has 0 fully saturated rings. The highest BCUT2D eigenvalue weighted by molar-refractivity contribution is 5.85. The summed E-state index contributed by atoms with van der Waals surface area (Å²) in [4.78, 5) is 12.5. The zero-order chi connectivity index (χ0) is 15.2. The summed E-state index contributed by atoms with van der Waals surface area (Å²) >= 11 is 0. The van der Waals surface area contributed by atoms with E-state index in [1.807, 2.05) is 27.8 Å². The van der Waals surface area contributed by atoms with Gasteiger partial charge in [0, 0.05) is 7.05 Å². The van der Waals surface area contributed by atoms with Crippen molar-refractivity contribution in [2.24, 2.45) is 12.5 Å². The highest BCUT2D eigenvalue weighted by Gasteiger charge is 2.37. The van der Waals surface area contributed by atoms with Gasteiger partial charge in [-0.1, -0.05) is 26.7 Å². The van der Waals surface area contributed by atoms with Crippen molar-refractivity contribution < 1.29 is 4.79 Å². The topological polar surface area (TPSA) is 83.6 Å².